The van der Waals surface area contributed by atoms with Crippen LogP contribution >= 0.6 is 0 Å². The van der Waals surface area contributed by atoms with Crippen molar-refractivity contribution in [1.82, 2.24) is 10.2 Å². The first-order valence-corrected chi connectivity index (χ1v) is 7.38. The summed E-state index contributed by atoms with van der Waals surface area (Å²) in [5.74, 6) is 0.891. The highest BCUT2D eigenvalue weighted by molar-refractivity contribution is 4.92. The molecule has 17 heavy (non-hydrogen) atoms. The van der Waals surface area contributed by atoms with Gasteiger partial charge in [0.2, 0.25) is 0 Å². The van der Waals surface area contributed by atoms with Crippen molar-refractivity contribution < 1.29 is 4.74 Å². The molecular weight excluding hydrogens is 212 g/mol. The third-order valence-corrected chi connectivity index (χ3v) is 4.71. The summed E-state index contributed by atoms with van der Waals surface area (Å²) in [6, 6.07) is 1.67. The molecule has 0 aromatic rings. The van der Waals surface area contributed by atoms with E-state index in [4.69, 9.17) is 4.74 Å². The molecule has 1 heterocycles. The summed E-state index contributed by atoms with van der Waals surface area (Å²) in [7, 11) is 2.29. The molecule has 1 N–H and O–H groups in total. The summed E-state index contributed by atoms with van der Waals surface area (Å²) in [4.78, 5) is 2.55. The molecule has 3 atom stereocenters. The lowest BCUT2D eigenvalue weighted by molar-refractivity contribution is 0.0261. The Kier molecular flexibility index (Phi) is 3.69. The predicted molar refractivity (Wildman–Crippen MR) is 69.1 cm³/mol. The molecule has 1 saturated heterocycles. The molecule has 0 aromatic carbocycles. The van der Waals surface area contributed by atoms with Gasteiger partial charge >= 0.3 is 0 Å². The Morgan fingerprint density at radius 1 is 1.18 bits per heavy atom. The number of nitrogens with zero attached hydrogens (tertiary/aromatic N) is 1. The van der Waals surface area contributed by atoms with Gasteiger partial charge in [0.25, 0.3) is 0 Å². The van der Waals surface area contributed by atoms with Gasteiger partial charge in [-0.3, -0.25) is 0 Å². The van der Waals surface area contributed by atoms with Crippen molar-refractivity contribution in [3.8, 4) is 0 Å². The van der Waals surface area contributed by atoms with Crippen LogP contribution in [-0.2, 0) is 4.74 Å². The minimum atomic E-state index is 0.512. The number of hydrogen-bond acceptors (Lipinski definition) is 3. The van der Waals surface area contributed by atoms with E-state index in [2.05, 4.69) is 17.3 Å². The average Bonchev–Trinajstić information content (AvgIpc) is 2.94. The molecule has 3 nitrogen and oxygen atoms in total. The van der Waals surface area contributed by atoms with Crippen LogP contribution in [0, 0.1) is 5.92 Å². The average molecular weight is 238 g/mol. The zero-order chi connectivity index (χ0) is 11.7. The fourth-order valence-corrected chi connectivity index (χ4v) is 3.22. The molecule has 3 rings (SSSR count). The van der Waals surface area contributed by atoms with Gasteiger partial charge in [0, 0.05) is 25.2 Å². The van der Waals surface area contributed by atoms with Crippen molar-refractivity contribution in [3.63, 3.8) is 0 Å². The molecule has 0 aromatic heterocycles. The topological polar surface area (TPSA) is 24.5 Å². The van der Waals surface area contributed by atoms with Crippen LogP contribution in [0.4, 0.5) is 0 Å². The van der Waals surface area contributed by atoms with Gasteiger partial charge in [-0.25, -0.2) is 0 Å². The van der Waals surface area contributed by atoms with E-state index in [1.54, 1.807) is 0 Å². The van der Waals surface area contributed by atoms with E-state index in [9.17, 15) is 0 Å². The summed E-state index contributed by atoms with van der Waals surface area (Å²) in [6.07, 6.45) is 8.66. The molecule has 3 unspecified atom stereocenters. The monoisotopic (exact) mass is 238 g/mol. The fourth-order valence-electron chi connectivity index (χ4n) is 3.22. The number of likely N-dealkylation sites (N-methyl/N-ethyl adjacent to an activating group) is 1. The molecule has 98 valence electrons. The smallest absolute Gasteiger partial charge is 0.0702 e. The Bertz CT molecular complexity index is 249. The first-order valence-electron chi connectivity index (χ1n) is 7.38. The minimum absolute atomic E-state index is 0.512. The molecule has 0 spiro atoms. The summed E-state index contributed by atoms with van der Waals surface area (Å²) in [6.45, 7) is 3.37. The second kappa shape index (κ2) is 5.25. The molecule has 0 amide bonds. The Morgan fingerprint density at radius 3 is 2.65 bits per heavy atom. The van der Waals surface area contributed by atoms with E-state index < -0.39 is 0 Å². The Balaban J connectivity index is 1.39. The highest BCUT2D eigenvalue weighted by Gasteiger charge is 2.35. The highest BCUT2D eigenvalue weighted by Crippen LogP contribution is 2.32. The molecule has 0 radical (unpaired) electrons. The van der Waals surface area contributed by atoms with Crippen molar-refractivity contribution in [2.45, 2.75) is 56.7 Å². The van der Waals surface area contributed by atoms with E-state index in [-0.39, 0.29) is 0 Å². The largest absolute Gasteiger partial charge is 0.377 e. The van der Waals surface area contributed by atoms with Gasteiger partial charge in [-0.15, -0.1) is 0 Å². The van der Waals surface area contributed by atoms with E-state index in [1.807, 2.05) is 0 Å². The summed E-state index contributed by atoms with van der Waals surface area (Å²) >= 11 is 0. The number of ether oxygens (including phenoxy) is 1. The van der Waals surface area contributed by atoms with Gasteiger partial charge in [-0.1, -0.05) is 0 Å². The molecule has 1 aliphatic heterocycles. The number of hydrogen-bond donors (Lipinski definition) is 1. The van der Waals surface area contributed by atoms with Crippen molar-refractivity contribution in [2.24, 2.45) is 5.92 Å². The second-order valence-corrected chi connectivity index (χ2v) is 6.16. The fraction of sp³-hybridized carbons (Fsp3) is 1.00. The van der Waals surface area contributed by atoms with Crippen molar-refractivity contribution in [1.29, 1.82) is 0 Å². The van der Waals surface area contributed by atoms with Crippen LogP contribution in [0.25, 0.3) is 0 Å². The normalized spacial score (nSPS) is 37.4. The molecule has 0 bridgehead atoms. The van der Waals surface area contributed by atoms with Crippen LogP contribution in [0.5, 0.6) is 0 Å². The molecule has 3 aliphatic rings. The maximum atomic E-state index is 5.73. The maximum absolute atomic E-state index is 5.73. The van der Waals surface area contributed by atoms with Gasteiger partial charge in [0.1, 0.15) is 0 Å². The summed E-state index contributed by atoms with van der Waals surface area (Å²) in [5.41, 5.74) is 0. The van der Waals surface area contributed by atoms with Crippen LogP contribution in [0.1, 0.15) is 38.5 Å². The van der Waals surface area contributed by atoms with Crippen molar-refractivity contribution in [3.05, 3.63) is 0 Å². The zero-order valence-electron chi connectivity index (χ0n) is 11.0. The summed E-state index contributed by atoms with van der Waals surface area (Å²) in [5, 5.41) is 3.68. The van der Waals surface area contributed by atoms with Crippen LogP contribution in [-0.4, -0.2) is 49.8 Å². The van der Waals surface area contributed by atoms with Crippen LogP contribution in [0.15, 0.2) is 0 Å². The second-order valence-electron chi connectivity index (χ2n) is 6.16. The Labute approximate surface area is 105 Å². The van der Waals surface area contributed by atoms with E-state index in [0.29, 0.717) is 6.10 Å². The van der Waals surface area contributed by atoms with Gasteiger partial charge < -0.3 is 15.0 Å². The maximum Gasteiger partial charge on any atom is 0.0702 e. The third-order valence-electron chi connectivity index (χ3n) is 4.71. The Hall–Kier alpha value is -0.120. The first kappa shape index (κ1) is 11.9. The predicted octanol–water partition coefficient (Wildman–Crippen LogP) is 1.63. The van der Waals surface area contributed by atoms with Gasteiger partial charge in [0.05, 0.1) is 6.10 Å². The van der Waals surface area contributed by atoms with Crippen molar-refractivity contribution >= 4 is 0 Å². The highest BCUT2D eigenvalue weighted by atomic mass is 16.5. The van der Waals surface area contributed by atoms with Gasteiger partial charge in [-0.05, 0) is 58.0 Å². The van der Waals surface area contributed by atoms with Gasteiger partial charge in [0.15, 0.2) is 0 Å². The van der Waals surface area contributed by atoms with Crippen LogP contribution in [0.3, 0.4) is 0 Å². The standard InChI is InChI=1S/C14H26N2O/c1-16(10-13-3-2-8-17-13)14-7-4-11(14)9-15-12-5-6-12/h11-15H,2-10H2,1H3. The van der Waals surface area contributed by atoms with Crippen LogP contribution < -0.4 is 5.32 Å². The summed E-state index contributed by atoms with van der Waals surface area (Å²) < 4.78 is 5.73. The molecule has 2 aliphatic carbocycles. The SMILES string of the molecule is CN(CC1CCCO1)C1CCC1CNC1CC1. The van der Waals surface area contributed by atoms with E-state index >= 15 is 0 Å². The quantitative estimate of drug-likeness (QED) is 0.761. The zero-order valence-corrected chi connectivity index (χ0v) is 11.0. The molecule has 3 heteroatoms. The Morgan fingerprint density at radius 2 is 2.06 bits per heavy atom. The van der Waals surface area contributed by atoms with Gasteiger partial charge in [-0.2, -0.15) is 0 Å². The van der Waals surface area contributed by atoms with E-state index in [1.165, 1.54) is 45.1 Å². The van der Waals surface area contributed by atoms with Crippen LogP contribution in [0.2, 0.25) is 0 Å². The lowest BCUT2D eigenvalue weighted by Gasteiger charge is -2.43. The molecule has 2 saturated carbocycles. The number of nitrogens with one attached hydrogen (secondary N) is 1. The lowest BCUT2D eigenvalue weighted by atomic mass is 9.78. The molecule has 3 fully saturated rings. The first-order chi connectivity index (χ1) is 8.33. The van der Waals surface area contributed by atoms with Crippen molar-refractivity contribution in [2.75, 3.05) is 26.7 Å². The van der Waals surface area contributed by atoms with E-state index in [0.717, 1.165) is 31.2 Å². The molecular formula is C14H26N2O. The lowest BCUT2D eigenvalue weighted by Crippen LogP contribution is -2.51. The third kappa shape index (κ3) is 3.01. The number of rotatable bonds is 6. The minimum Gasteiger partial charge on any atom is -0.377 e.